The minimum absolute atomic E-state index is 0.166. The molecule has 1 amide bonds. The number of anilines is 2. The summed E-state index contributed by atoms with van der Waals surface area (Å²) in [6, 6.07) is 11.3. The van der Waals surface area contributed by atoms with E-state index in [-0.39, 0.29) is 12.5 Å². The minimum Gasteiger partial charge on any atom is -0.378 e. The largest absolute Gasteiger partial charge is 0.442 e. The number of hydrogen-bond donors (Lipinski definition) is 1. The molecule has 0 spiro atoms. The topological polar surface area (TPSA) is 89.6 Å². The Balaban J connectivity index is 1.43. The van der Waals surface area contributed by atoms with Crippen molar-refractivity contribution in [3.05, 3.63) is 52.3 Å². The van der Waals surface area contributed by atoms with Crippen molar-refractivity contribution in [2.45, 2.75) is 6.54 Å². The highest BCUT2D eigenvalue weighted by atomic mass is 32.1. The zero-order chi connectivity index (χ0) is 18.6. The van der Waals surface area contributed by atoms with Gasteiger partial charge in [-0.3, -0.25) is 9.32 Å². The first-order valence-electron chi connectivity index (χ1n) is 8.54. The van der Waals surface area contributed by atoms with Crippen molar-refractivity contribution >= 4 is 28.6 Å². The summed E-state index contributed by atoms with van der Waals surface area (Å²) in [6.45, 7) is 2.99. The zero-order valence-electron chi connectivity index (χ0n) is 14.5. The fourth-order valence-electron chi connectivity index (χ4n) is 2.91. The van der Waals surface area contributed by atoms with Gasteiger partial charge in [0.05, 0.1) is 18.1 Å². The molecule has 0 bridgehead atoms. The Hall–Kier alpha value is -2.91. The van der Waals surface area contributed by atoms with Gasteiger partial charge in [-0.2, -0.15) is 0 Å². The maximum absolute atomic E-state index is 12.4. The minimum atomic E-state index is -0.656. The van der Waals surface area contributed by atoms with Crippen LogP contribution in [0.3, 0.4) is 0 Å². The highest BCUT2D eigenvalue weighted by molar-refractivity contribution is 7.13. The molecule has 1 N–H and O–H groups in total. The molecule has 0 unspecified atom stereocenters. The highest BCUT2D eigenvalue weighted by Crippen LogP contribution is 2.22. The second-order valence-electron chi connectivity index (χ2n) is 6.03. The van der Waals surface area contributed by atoms with Crippen molar-refractivity contribution in [1.82, 2.24) is 9.72 Å². The second kappa shape index (κ2) is 7.77. The molecule has 1 aliphatic heterocycles. The van der Waals surface area contributed by atoms with E-state index in [1.165, 1.54) is 15.9 Å². The van der Waals surface area contributed by atoms with Crippen molar-refractivity contribution in [2.75, 3.05) is 36.5 Å². The number of rotatable bonds is 5. The number of amides is 1. The van der Waals surface area contributed by atoms with E-state index < -0.39 is 5.76 Å². The second-order valence-corrected chi connectivity index (χ2v) is 6.98. The molecule has 1 aromatic carbocycles. The normalized spacial score (nSPS) is 14.3. The number of carbonyl (C=O) groups is 1. The molecule has 0 aliphatic carbocycles. The summed E-state index contributed by atoms with van der Waals surface area (Å²) in [5.41, 5.74) is 1.76. The Kier molecular flexibility index (Phi) is 5.03. The standard InChI is InChI=1S/C18H18N4O4S/c23-16(12-22-17(20-26-18(22)24)15-2-1-11-27-15)19-13-3-5-14(6-4-13)21-7-9-25-10-8-21/h1-6,11H,7-10,12H2,(H,19,23). The third-order valence-electron chi connectivity index (χ3n) is 4.26. The van der Waals surface area contributed by atoms with Gasteiger partial charge in [0, 0.05) is 24.5 Å². The van der Waals surface area contributed by atoms with Crippen LogP contribution < -0.4 is 16.0 Å². The molecular formula is C18H18N4O4S. The fraction of sp³-hybridized carbons (Fsp3) is 0.278. The quantitative estimate of drug-likeness (QED) is 0.722. The highest BCUT2D eigenvalue weighted by Gasteiger charge is 2.17. The van der Waals surface area contributed by atoms with Crippen molar-refractivity contribution in [2.24, 2.45) is 0 Å². The molecular weight excluding hydrogens is 368 g/mol. The lowest BCUT2D eigenvalue weighted by molar-refractivity contribution is -0.116. The number of benzene rings is 1. The van der Waals surface area contributed by atoms with Gasteiger partial charge in [-0.15, -0.1) is 11.3 Å². The monoisotopic (exact) mass is 386 g/mol. The average Bonchev–Trinajstić information content (AvgIpc) is 3.34. The third kappa shape index (κ3) is 3.93. The number of carbonyl (C=O) groups excluding carboxylic acids is 1. The van der Waals surface area contributed by atoms with Gasteiger partial charge in [0.2, 0.25) is 5.91 Å². The Bertz CT molecular complexity index is 956. The van der Waals surface area contributed by atoms with Crippen LogP contribution in [0.15, 0.2) is 51.1 Å². The molecule has 1 saturated heterocycles. The van der Waals surface area contributed by atoms with Crippen molar-refractivity contribution in [3.8, 4) is 10.7 Å². The summed E-state index contributed by atoms with van der Waals surface area (Å²) in [5, 5.41) is 8.44. The zero-order valence-corrected chi connectivity index (χ0v) is 15.3. The molecule has 3 heterocycles. The molecule has 27 heavy (non-hydrogen) atoms. The van der Waals surface area contributed by atoms with E-state index in [2.05, 4.69) is 15.4 Å². The smallest absolute Gasteiger partial charge is 0.378 e. The number of hydrogen-bond acceptors (Lipinski definition) is 7. The van der Waals surface area contributed by atoms with Crippen LogP contribution in [0.25, 0.3) is 10.7 Å². The summed E-state index contributed by atoms with van der Waals surface area (Å²) in [5.74, 6) is -0.624. The van der Waals surface area contributed by atoms with Crippen molar-refractivity contribution in [3.63, 3.8) is 0 Å². The van der Waals surface area contributed by atoms with Crippen LogP contribution in [0.4, 0.5) is 11.4 Å². The molecule has 0 radical (unpaired) electrons. The van der Waals surface area contributed by atoms with E-state index in [0.717, 1.165) is 36.9 Å². The molecule has 9 heteroatoms. The molecule has 1 aliphatic rings. The molecule has 140 valence electrons. The van der Waals surface area contributed by atoms with E-state index in [9.17, 15) is 9.59 Å². The summed E-state index contributed by atoms with van der Waals surface area (Å²) in [4.78, 5) is 27.3. The predicted octanol–water partition coefficient (Wildman–Crippen LogP) is 2.04. The number of ether oxygens (including phenoxy) is 1. The Morgan fingerprint density at radius 1 is 1.19 bits per heavy atom. The average molecular weight is 386 g/mol. The molecule has 8 nitrogen and oxygen atoms in total. The molecule has 0 atom stereocenters. The molecule has 0 saturated carbocycles. The first-order valence-corrected chi connectivity index (χ1v) is 9.42. The molecule has 4 rings (SSSR count). The predicted molar refractivity (Wildman–Crippen MR) is 102 cm³/mol. The van der Waals surface area contributed by atoms with Gasteiger partial charge in [-0.25, -0.2) is 9.36 Å². The summed E-state index contributed by atoms with van der Waals surface area (Å²) in [6.07, 6.45) is 0. The van der Waals surface area contributed by atoms with Crippen LogP contribution in [0.5, 0.6) is 0 Å². The van der Waals surface area contributed by atoms with Gasteiger partial charge in [0.15, 0.2) is 5.82 Å². The van der Waals surface area contributed by atoms with E-state index in [4.69, 9.17) is 9.26 Å². The maximum atomic E-state index is 12.4. The fourth-order valence-corrected chi connectivity index (χ4v) is 3.63. The molecule has 3 aromatic rings. The van der Waals surface area contributed by atoms with E-state index in [1.807, 2.05) is 41.8 Å². The van der Waals surface area contributed by atoms with Gasteiger partial charge < -0.3 is 15.0 Å². The third-order valence-corrected chi connectivity index (χ3v) is 5.12. The Morgan fingerprint density at radius 2 is 1.96 bits per heavy atom. The number of morpholine rings is 1. The summed E-state index contributed by atoms with van der Waals surface area (Å²) in [7, 11) is 0. The number of thiophene rings is 1. The lowest BCUT2D eigenvalue weighted by Gasteiger charge is -2.28. The maximum Gasteiger partial charge on any atom is 0.442 e. The van der Waals surface area contributed by atoms with E-state index >= 15 is 0 Å². The van der Waals surface area contributed by atoms with Crippen molar-refractivity contribution in [1.29, 1.82) is 0 Å². The van der Waals surface area contributed by atoms with Crippen molar-refractivity contribution < 1.29 is 14.1 Å². The van der Waals surface area contributed by atoms with E-state index in [1.54, 1.807) is 0 Å². The summed E-state index contributed by atoms with van der Waals surface area (Å²) >= 11 is 1.42. The van der Waals surface area contributed by atoms with Crippen LogP contribution >= 0.6 is 11.3 Å². The van der Waals surface area contributed by atoms with Crippen LogP contribution in [-0.4, -0.2) is 41.9 Å². The van der Waals surface area contributed by atoms with E-state index in [0.29, 0.717) is 11.5 Å². The first-order chi connectivity index (χ1) is 13.2. The SMILES string of the molecule is O=C(Cn1c(-c2cccs2)noc1=O)Nc1ccc(N2CCOCC2)cc1. The first kappa shape index (κ1) is 17.5. The lowest BCUT2D eigenvalue weighted by Crippen LogP contribution is -2.36. The van der Waals surface area contributed by atoms with Crippen LogP contribution in [0, 0.1) is 0 Å². The molecule has 1 fully saturated rings. The lowest BCUT2D eigenvalue weighted by atomic mass is 10.2. The number of aromatic nitrogens is 2. The Labute approximate surface area is 159 Å². The number of nitrogens with zero attached hydrogens (tertiary/aromatic N) is 3. The number of nitrogens with one attached hydrogen (secondary N) is 1. The summed E-state index contributed by atoms with van der Waals surface area (Å²) < 4.78 is 11.3. The van der Waals surface area contributed by atoms with Gasteiger partial charge in [0.1, 0.15) is 6.54 Å². The van der Waals surface area contributed by atoms with Gasteiger partial charge in [-0.1, -0.05) is 11.2 Å². The van der Waals surface area contributed by atoms with Gasteiger partial charge >= 0.3 is 5.76 Å². The molecule has 2 aromatic heterocycles. The van der Waals surface area contributed by atoms with Crippen LogP contribution in [0.1, 0.15) is 0 Å². The van der Waals surface area contributed by atoms with Gasteiger partial charge in [-0.05, 0) is 35.7 Å². The van der Waals surface area contributed by atoms with Crippen LogP contribution in [0.2, 0.25) is 0 Å². The van der Waals surface area contributed by atoms with Crippen LogP contribution in [-0.2, 0) is 16.1 Å². The Morgan fingerprint density at radius 3 is 2.67 bits per heavy atom. The van der Waals surface area contributed by atoms with Gasteiger partial charge in [0.25, 0.3) is 0 Å².